The van der Waals surface area contributed by atoms with Crippen LogP contribution in [0.1, 0.15) is 103 Å². The summed E-state index contributed by atoms with van der Waals surface area (Å²) in [7, 11) is -2.00. The van der Waals surface area contributed by atoms with E-state index in [0.717, 1.165) is 31.1 Å². The van der Waals surface area contributed by atoms with Gasteiger partial charge in [0, 0.05) is 18.6 Å². The predicted molar refractivity (Wildman–Crippen MR) is 170 cm³/mol. The van der Waals surface area contributed by atoms with Gasteiger partial charge in [-0.25, -0.2) is 0 Å². The molecule has 0 spiro atoms. The van der Waals surface area contributed by atoms with E-state index in [1.54, 1.807) is 0 Å². The third-order valence-corrected chi connectivity index (χ3v) is 8.30. The average molecular weight is 566 g/mol. The number of hydrogen-bond donors (Lipinski definition) is 2. The minimum Gasteiger partial charge on any atom is -0.423 e. The fourth-order valence-electron chi connectivity index (χ4n) is 6.17. The second-order valence-corrected chi connectivity index (χ2v) is 11.2. The van der Waals surface area contributed by atoms with Crippen molar-refractivity contribution in [2.24, 2.45) is 0 Å². The van der Waals surface area contributed by atoms with E-state index in [2.05, 4.69) is 38.1 Å². The summed E-state index contributed by atoms with van der Waals surface area (Å²) >= 11 is 0. The van der Waals surface area contributed by atoms with E-state index < -0.39 is 14.2 Å². The number of ether oxygens (including phenoxy) is 2. The first-order chi connectivity index (χ1) is 20.0. The summed E-state index contributed by atoms with van der Waals surface area (Å²) in [6.45, 7) is 11.7. The van der Waals surface area contributed by atoms with Gasteiger partial charge in [0.15, 0.2) is 0 Å². The molecule has 0 unspecified atom stereocenters. The molecule has 6 nitrogen and oxygen atoms in total. The van der Waals surface area contributed by atoms with Gasteiger partial charge >= 0.3 is 14.2 Å². The quantitative estimate of drug-likeness (QED) is 0.147. The second-order valence-electron chi connectivity index (χ2n) is 11.2. The number of rotatable bonds is 22. The van der Waals surface area contributed by atoms with Crippen molar-refractivity contribution in [1.82, 2.24) is 0 Å². The fraction of sp³-hybridized carbons (Fsp3) is 0.636. The molecule has 41 heavy (non-hydrogen) atoms. The zero-order valence-electron chi connectivity index (χ0n) is 26.0. The van der Waals surface area contributed by atoms with Crippen molar-refractivity contribution >= 4 is 25.2 Å². The lowest BCUT2D eigenvalue weighted by Gasteiger charge is -2.33. The zero-order valence-corrected chi connectivity index (χ0v) is 26.0. The summed E-state index contributed by atoms with van der Waals surface area (Å²) in [5.41, 5.74) is 6.35. The van der Waals surface area contributed by atoms with Gasteiger partial charge < -0.3 is 28.8 Å². The Hall–Kier alpha value is -1.67. The summed E-state index contributed by atoms with van der Waals surface area (Å²) < 4.78 is 23.5. The summed E-state index contributed by atoms with van der Waals surface area (Å²) in [5.74, 6) is 0. The standard InChI is InChI=1S/C33H52B2O6/c1-5-9-11-13-19-33(20-14-12-10-6-2)31-25-27(34(36)37)15-17-29(31)30-18-16-28(26-32(30)33)35(40-23-21-38-7-3)41-24-22-39-8-4/h15-18,25-26,36-37H,5-14,19-24H2,1-4H3. The van der Waals surface area contributed by atoms with Crippen molar-refractivity contribution in [1.29, 1.82) is 0 Å². The summed E-state index contributed by atoms with van der Waals surface area (Å²) in [4.78, 5) is 0. The van der Waals surface area contributed by atoms with Gasteiger partial charge in [-0.2, -0.15) is 0 Å². The second kappa shape index (κ2) is 18.1. The Bertz CT molecular complexity index is 1010. The van der Waals surface area contributed by atoms with Crippen LogP contribution in [-0.2, 0) is 24.2 Å². The lowest BCUT2D eigenvalue weighted by Crippen LogP contribution is -2.40. The van der Waals surface area contributed by atoms with Crippen molar-refractivity contribution in [2.45, 2.75) is 97.3 Å². The van der Waals surface area contributed by atoms with Crippen LogP contribution in [0.2, 0.25) is 0 Å². The highest BCUT2D eigenvalue weighted by Gasteiger charge is 2.43. The van der Waals surface area contributed by atoms with E-state index in [0.29, 0.717) is 45.1 Å². The van der Waals surface area contributed by atoms with Crippen molar-refractivity contribution in [3.63, 3.8) is 0 Å². The molecule has 1 aliphatic carbocycles. The summed E-state index contributed by atoms with van der Waals surface area (Å²) in [5, 5.41) is 20.2. The van der Waals surface area contributed by atoms with E-state index in [1.807, 2.05) is 26.0 Å². The molecule has 0 heterocycles. The number of benzene rings is 2. The van der Waals surface area contributed by atoms with Crippen LogP contribution in [0.4, 0.5) is 0 Å². The van der Waals surface area contributed by atoms with Gasteiger partial charge in [0.25, 0.3) is 0 Å². The Morgan fingerprint density at radius 1 is 0.610 bits per heavy atom. The van der Waals surface area contributed by atoms with E-state index in [1.165, 1.54) is 60.8 Å². The van der Waals surface area contributed by atoms with Crippen LogP contribution in [0.15, 0.2) is 36.4 Å². The monoisotopic (exact) mass is 566 g/mol. The van der Waals surface area contributed by atoms with Crippen LogP contribution in [0, 0.1) is 0 Å². The maximum atomic E-state index is 10.1. The Balaban J connectivity index is 2.05. The van der Waals surface area contributed by atoms with Crippen LogP contribution < -0.4 is 10.9 Å². The first-order valence-corrected chi connectivity index (χ1v) is 16.1. The minimum atomic E-state index is -1.49. The number of fused-ring (bicyclic) bond motifs is 3. The Morgan fingerprint density at radius 3 is 1.56 bits per heavy atom. The van der Waals surface area contributed by atoms with Crippen molar-refractivity contribution < 1.29 is 28.8 Å². The smallest absolute Gasteiger partial charge is 0.423 e. The van der Waals surface area contributed by atoms with Crippen LogP contribution in [0.25, 0.3) is 11.1 Å². The molecule has 0 radical (unpaired) electrons. The minimum absolute atomic E-state index is 0.186. The van der Waals surface area contributed by atoms with E-state index in [9.17, 15) is 10.0 Å². The van der Waals surface area contributed by atoms with Gasteiger partial charge in [0.1, 0.15) is 0 Å². The molecule has 226 valence electrons. The Labute approximate surface area is 249 Å². The first-order valence-electron chi connectivity index (χ1n) is 16.1. The molecule has 2 aromatic rings. The summed E-state index contributed by atoms with van der Waals surface area (Å²) in [6, 6.07) is 12.6. The van der Waals surface area contributed by atoms with E-state index in [-0.39, 0.29) is 5.41 Å². The van der Waals surface area contributed by atoms with E-state index >= 15 is 0 Å². The van der Waals surface area contributed by atoms with Gasteiger partial charge in [-0.3, -0.25) is 0 Å². The molecule has 3 rings (SSSR count). The number of hydrogen-bond acceptors (Lipinski definition) is 6. The van der Waals surface area contributed by atoms with Crippen LogP contribution >= 0.6 is 0 Å². The fourth-order valence-corrected chi connectivity index (χ4v) is 6.17. The van der Waals surface area contributed by atoms with Gasteiger partial charge in [-0.15, -0.1) is 0 Å². The van der Waals surface area contributed by atoms with Crippen LogP contribution in [0.3, 0.4) is 0 Å². The topological polar surface area (TPSA) is 77.4 Å². The van der Waals surface area contributed by atoms with Gasteiger partial charge in [0.05, 0.1) is 26.4 Å². The SMILES string of the molecule is CCCCCCC1(CCCCCC)c2cc(B(O)O)ccc2-c2ccc(B(OCCOCC)OCCOCC)cc21. The zero-order chi connectivity index (χ0) is 29.5. The third kappa shape index (κ3) is 9.16. The highest BCUT2D eigenvalue weighted by atomic mass is 16.6. The van der Waals surface area contributed by atoms with Crippen LogP contribution in [-0.4, -0.2) is 63.9 Å². The Morgan fingerprint density at radius 2 is 1.10 bits per heavy atom. The largest absolute Gasteiger partial charge is 0.494 e. The van der Waals surface area contributed by atoms with Gasteiger partial charge in [-0.05, 0) is 59.9 Å². The first kappa shape index (κ1) is 33.8. The lowest BCUT2D eigenvalue weighted by atomic mass is 9.67. The summed E-state index contributed by atoms with van der Waals surface area (Å²) in [6.07, 6.45) is 11.6. The Kier molecular flexibility index (Phi) is 14.9. The third-order valence-electron chi connectivity index (χ3n) is 8.30. The molecule has 0 bridgehead atoms. The molecule has 0 aliphatic heterocycles. The molecule has 1 aliphatic rings. The van der Waals surface area contributed by atoms with Gasteiger partial charge in [-0.1, -0.05) is 102 Å². The highest BCUT2D eigenvalue weighted by molar-refractivity contribution is 6.61. The molecule has 2 aromatic carbocycles. The predicted octanol–water partition coefficient (Wildman–Crippen LogP) is 5.38. The molecular weight excluding hydrogens is 514 g/mol. The molecule has 0 aromatic heterocycles. The molecule has 2 N–H and O–H groups in total. The molecule has 0 saturated heterocycles. The normalized spacial score (nSPS) is 13.3. The van der Waals surface area contributed by atoms with Crippen molar-refractivity contribution in [3.05, 3.63) is 47.5 Å². The highest BCUT2D eigenvalue weighted by Crippen LogP contribution is 2.53. The lowest BCUT2D eigenvalue weighted by molar-refractivity contribution is 0.0784. The van der Waals surface area contributed by atoms with Crippen molar-refractivity contribution in [2.75, 3.05) is 39.6 Å². The average Bonchev–Trinajstić information content (AvgIpc) is 3.25. The maximum Gasteiger partial charge on any atom is 0.494 e. The van der Waals surface area contributed by atoms with E-state index in [4.69, 9.17) is 18.8 Å². The van der Waals surface area contributed by atoms with Crippen LogP contribution in [0.5, 0.6) is 0 Å². The molecule has 8 heteroatoms. The van der Waals surface area contributed by atoms with Crippen molar-refractivity contribution in [3.8, 4) is 11.1 Å². The molecule has 0 saturated carbocycles. The number of unbranched alkanes of at least 4 members (excludes halogenated alkanes) is 6. The molecular formula is C33H52B2O6. The molecule has 0 fully saturated rings. The molecule has 0 amide bonds. The maximum absolute atomic E-state index is 10.1. The molecule has 0 atom stereocenters. The van der Waals surface area contributed by atoms with Gasteiger partial charge in [0.2, 0.25) is 0 Å².